The molecule has 20 heavy (non-hydrogen) atoms. The van der Waals surface area contributed by atoms with Gasteiger partial charge in [-0.05, 0) is 60.2 Å². The first-order chi connectivity index (χ1) is 9.56. The highest BCUT2D eigenvalue weighted by atomic mass is 79.9. The largest absolute Gasteiger partial charge is 0.207 e. The molecule has 0 nitrogen and oxygen atoms in total. The Morgan fingerprint density at radius 3 is 2.25 bits per heavy atom. The minimum absolute atomic E-state index is 0.200. The van der Waals surface area contributed by atoms with Crippen LogP contribution in [-0.2, 0) is 12.8 Å². The fraction of sp³-hybridized carbons (Fsp3) is 0.250. The van der Waals surface area contributed by atoms with E-state index in [1.807, 2.05) is 30.3 Å². The van der Waals surface area contributed by atoms with Gasteiger partial charge >= 0.3 is 0 Å². The molecular weight excluding hydrogens is 406 g/mol. The highest BCUT2D eigenvalue weighted by Crippen LogP contribution is 2.21. The molecule has 0 spiro atoms. The van der Waals surface area contributed by atoms with Gasteiger partial charge in [0.1, 0.15) is 5.82 Å². The Morgan fingerprint density at radius 2 is 1.65 bits per heavy atom. The van der Waals surface area contributed by atoms with Gasteiger partial charge in [0.25, 0.3) is 0 Å². The van der Waals surface area contributed by atoms with Crippen LogP contribution in [0.3, 0.4) is 0 Å². The smallest absolute Gasteiger partial charge is 0.124 e. The maximum atomic E-state index is 13.4. The Labute approximate surface area is 140 Å². The molecule has 0 aliphatic carbocycles. The van der Waals surface area contributed by atoms with Crippen LogP contribution in [0.25, 0.3) is 0 Å². The van der Waals surface area contributed by atoms with Crippen LogP contribution in [0, 0.1) is 11.7 Å². The van der Waals surface area contributed by atoms with E-state index in [0.29, 0.717) is 5.92 Å². The van der Waals surface area contributed by atoms with Gasteiger partial charge in [-0.3, -0.25) is 0 Å². The Balaban J connectivity index is 2.06. The van der Waals surface area contributed by atoms with Crippen molar-refractivity contribution in [2.24, 2.45) is 5.92 Å². The molecule has 106 valence electrons. The van der Waals surface area contributed by atoms with E-state index in [4.69, 9.17) is 11.6 Å². The molecular formula is C16H14Br2ClF. The number of alkyl halides is 1. The Kier molecular flexibility index (Phi) is 6.06. The molecule has 1 unspecified atom stereocenters. The van der Waals surface area contributed by atoms with E-state index in [1.54, 1.807) is 6.07 Å². The average molecular weight is 421 g/mol. The molecule has 2 rings (SSSR count). The Bertz CT molecular complexity index is 549. The van der Waals surface area contributed by atoms with Gasteiger partial charge < -0.3 is 0 Å². The zero-order valence-corrected chi connectivity index (χ0v) is 14.7. The van der Waals surface area contributed by atoms with E-state index in [1.165, 1.54) is 11.6 Å². The minimum Gasteiger partial charge on any atom is -0.207 e. The van der Waals surface area contributed by atoms with Crippen molar-refractivity contribution in [1.29, 1.82) is 0 Å². The monoisotopic (exact) mass is 418 g/mol. The van der Waals surface area contributed by atoms with Gasteiger partial charge in [-0.2, -0.15) is 0 Å². The van der Waals surface area contributed by atoms with Crippen LogP contribution in [0.4, 0.5) is 4.39 Å². The van der Waals surface area contributed by atoms with Gasteiger partial charge in [0.05, 0.1) is 0 Å². The number of benzene rings is 2. The SMILES string of the molecule is Fc1cc(Br)cc(CC(CBr)Cc2ccc(Cl)cc2)c1. The fourth-order valence-corrected chi connectivity index (χ4v) is 3.29. The lowest BCUT2D eigenvalue weighted by atomic mass is 9.94. The van der Waals surface area contributed by atoms with Crippen LogP contribution in [0.15, 0.2) is 46.9 Å². The van der Waals surface area contributed by atoms with E-state index in [2.05, 4.69) is 31.9 Å². The molecule has 0 amide bonds. The molecule has 0 radical (unpaired) electrons. The molecule has 0 saturated heterocycles. The van der Waals surface area contributed by atoms with Crippen molar-refractivity contribution in [3.63, 3.8) is 0 Å². The minimum atomic E-state index is -0.200. The second kappa shape index (κ2) is 7.58. The van der Waals surface area contributed by atoms with Crippen LogP contribution in [0.5, 0.6) is 0 Å². The van der Waals surface area contributed by atoms with Gasteiger partial charge in [0, 0.05) is 14.8 Å². The summed E-state index contributed by atoms with van der Waals surface area (Å²) in [7, 11) is 0. The molecule has 0 bridgehead atoms. The number of hydrogen-bond acceptors (Lipinski definition) is 0. The lowest BCUT2D eigenvalue weighted by Crippen LogP contribution is -2.10. The standard InChI is InChI=1S/C16H14Br2ClF/c17-10-13(5-11-1-3-15(19)4-2-11)6-12-7-14(18)9-16(20)8-12/h1-4,7-9,13H,5-6,10H2. The zero-order valence-electron chi connectivity index (χ0n) is 10.8. The molecule has 1 atom stereocenters. The number of rotatable bonds is 5. The van der Waals surface area contributed by atoms with Crippen LogP contribution in [0.1, 0.15) is 11.1 Å². The third-order valence-electron chi connectivity index (χ3n) is 3.10. The molecule has 0 N–H and O–H groups in total. The summed E-state index contributed by atoms with van der Waals surface area (Å²) in [6.07, 6.45) is 1.78. The highest BCUT2D eigenvalue weighted by molar-refractivity contribution is 9.10. The first kappa shape index (κ1) is 16.0. The third kappa shape index (κ3) is 4.87. The van der Waals surface area contributed by atoms with Crippen molar-refractivity contribution in [3.05, 3.63) is 68.9 Å². The summed E-state index contributed by atoms with van der Waals surface area (Å²) in [6, 6.07) is 12.9. The summed E-state index contributed by atoms with van der Waals surface area (Å²) < 4.78 is 14.2. The second-order valence-electron chi connectivity index (χ2n) is 4.83. The summed E-state index contributed by atoms with van der Waals surface area (Å²) in [5, 5.41) is 1.63. The molecule has 4 heteroatoms. The molecule has 0 aliphatic heterocycles. The van der Waals surface area contributed by atoms with Crippen LogP contribution >= 0.6 is 43.5 Å². The van der Waals surface area contributed by atoms with Crippen molar-refractivity contribution in [2.45, 2.75) is 12.8 Å². The predicted octanol–water partition coefficient (Wildman–Crippen LogP) is 6.04. The summed E-state index contributed by atoms with van der Waals surface area (Å²) >= 11 is 12.8. The van der Waals surface area contributed by atoms with E-state index < -0.39 is 0 Å². The van der Waals surface area contributed by atoms with Crippen molar-refractivity contribution < 1.29 is 4.39 Å². The van der Waals surface area contributed by atoms with Gasteiger partial charge in [-0.25, -0.2) is 4.39 Å². The van der Waals surface area contributed by atoms with Crippen LogP contribution < -0.4 is 0 Å². The third-order valence-corrected chi connectivity index (χ3v) is 4.73. The van der Waals surface area contributed by atoms with E-state index in [0.717, 1.165) is 33.2 Å². The van der Waals surface area contributed by atoms with Crippen molar-refractivity contribution >= 4 is 43.5 Å². The van der Waals surface area contributed by atoms with Gasteiger partial charge in [-0.1, -0.05) is 55.6 Å². The predicted molar refractivity (Wildman–Crippen MR) is 90.2 cm³/mol. The zero-order chi connectivity index (χ0) is 14.5. The van der Waals surface area contributed by atoms with E-state index in [-0.39, 0.29) is 5.82 Å². The molecule has 0 fully saturated rings. The van der Waals surface area contributed by atoms with Crippen molar-refractivity contribution in [3.8, 4) is 0 Å². The lowest BCUT2D eigenvalue weighted by molar-refractivity contribution is 0.582. The number of halogens is 4. The fourth-order valence-electron chi connectivity index (χ4n) is 2.20. The summed E-state index contributed by atoms with van der Waals surface area (Å²) in [5.41, 5.74) is 2.25. The Hall–Kier alpha value is -0.380. The molecule has 0 aromatic heterocycles. The van der Waals surface area contributed by atoms with Crippen molar-refractivity contribution in [2.75, 3.05) is 5.33 Å². The quantitative estimate of drug-likeness (QED) is 0.518. The van der Waals surface area contributed by atoms with Gasteiger partial charge in [0.2, 0.25) is 0 Å². The first-order valence-electron chi connectivity index (χ1n) is 6.32. The molecule has 0 saturated carbocycles. The van der Waals surface area contributed by atoms with Crippen LogP contribution in [0.2, 0.25) is 5.02 Å². The van der Waals surface area contributed by atoms with Gasteiger partial charge in [0.15, 0.2) is 0 Å². The van der Waals surface area contributed by atoms with Crippen LogP contribution in [-0.4, -0.2) is 5.33 Å². The molecule has 0 aliphatic rings. The normalized spacial score (nSPS) is 12.4. The van der Waals surface area contributed by atoms with E-state index in [9.17, 15) is 4.39 Å². The van der Waals surface area contributed by atoms with Gasteiger partial charge in [-0.15, -0.1) is 0 Å². The summed E-state index contributed by atoms with van der Waals surface area (Å²) in [4.78, 5) is 0. The van der Waals surface area contributed by atoms with Crippen molar-refractivity contribution in [1.82, 2.24) is 0 Å². The summed E-state index contributed by atoms with van der Waals surface area (Å²) in [5.74, 6) is 0.221. The molecule has 2 aromatic carbocycles. The maximum Gasteiger partial charge on any atom is 0.124 e. The van der Waals surface area contributed by atoms with E-state index >= 15 is 0 Å². The second-order valence-corrected chi connectivity index (χ2v) is 6.83. The maximum absolute atomic E-state index is 13.4. The lowest BCUT2D eigenvalue weighted by Gasteiger charge is -2.15. The molecule has 2 aromatic rings. The number of hydrogen-bond donors (Lipinski definition) is 0. The average Bonchev–Trinajstić information content (AvgIpc) is 2.39. The molecule has 0 heterocycles. The highest BCUT2D eigenvalue weighted by Gasteiger charge is 2.11. The topological polar surface area (TPSA) is 0 Å². The Morgan fingerprint density at radius 1 is 1.00 bits per heavy atom. The summed E-state index contributed by atoms with van der Waals surface area (Å²) in [6.45, 7) is 0. The first-order valence-corrected chi connectivity index (χ1v) is 8.61.